The summed E-state index contributed by atoms with van der Waals surface area (Å²) in [5, 5.41) is 1.78. The number of carbonyl (C=O) groups is 2. The number of carbonyl (C=O) groups excluding carboxylic acids is 2. The second-order valence-electron chi connectivity index (χ2n) is 11.6. The molecule has 0 saturated heterocycles. The Morgan fingerprint density at radius 2 is 1.16 bits per heavy atom. The normalized spacial score (nSPS) is 12.9. The van der Waals surface area contributed by atoms with Crippen LogP contribution in [0.15, 0.2) is 133 Å². The second kappa shape index (κ2) is 15.6. The van der Waals surface area contributed by atoms with Crippen molar-refractivity contribution in [3.05, 3.63) is 156 Å². The van der Waals surface area contributed by atoms with Crippen molar-refractivity contribution in [1.29, 1.82) is 0 Å². The van der Waals surface area contributed by atoms with Gasteiger partial charge in [-0.3, -0.25) is 0 Å². The fourth-order valence-corrected chi connectivity index (χ4v) is 5.96. The van der Waals surface area contributed by atoms with Gasteiger partial charge in [-0.25, -0.2) is 9.59 Å². The largest absolute Gasteiger partial charge is 0.472 e. The molecule has 1 aliphatic rings. The molecule has 0 saturated carbocycles. The minimum absolute atomic E-state index is 0.0490. The summed E-state index contributed by atoms with van der Waals surface area (Å²) >= 11 is 0. The number of benzene rings is 5. The van der Waals surface area contributed by atoms with E-state index in [1.165, 1.54) is 0 Å². The molecule has 0 N–H and O–H groups in total. The molecule has 6 rings (SSSR count). The Morgan fingerprint density at radius 1 is 0.653 bits per heavy atom. The van der Waals surface area contributed by atoms with Gasteiger partial charge >= 0.3 is 11.9 Å². The van der Waals surface area contributed by atoms with Gasteiger partial charge in [0, 0.05) is 33.2 Å². The molecule has 0 aliphatic carbocycles. The standard InChI is InChI=1S/C42H38O7/c1-30(2)40(43)47-28-26-45-24-25-46-27-29-48-41(44)38-36-22-23-42(32-16-8-4-9-17-32,33-18-10-5-11-19-33)49-39(36)35-21-13-12-20-34(35)37(38)31-14-6-3-7-15-31/h3-23H,1,24-29H2,2H3. The maximum atomic E-state index is 14.1. The Kier molecular flexibility index (Phi) is 10.6. The molecular formula is C42H38O7. The molecule has 0 atom stereocenters. The molecule has 0 fully saturated rings. The predicted molar refractivity (Wildman–Crippen MR) is 190 cm³/mol. The van der Waals surface area contributed by atoms with E-state index in [1.54, 1.807) is 6.92 Å². The molecule has 7 nitrogen and oxygen atoms in total. The number of ether oxygens (including phenoxy) is 5. The Bertz CT molecular complexity index is 1910. The second-order valence-corrected chi connectivity index (χ2v) is 11.6. The van der Waals surface area contributed by atoms with Gasteiger partial charge in [-0.1, -0.05) is 122 Å². The van der Waals surface area contributed by atoms with Crippen LogP contribution in [0.5, 0.6) is 5.75 Å². The van der Waals surface area contributed by atoms with Crippen molar-refractivity contribution in [3.8, 4) is 16.9 Å². The third kappa shape index (κ3) is 7.33. The minimum atomic E-state index is -0.921. The molecular weight excluding hydrogens is 616 g/mol. The summed E-state index contributed by atoms with van der Waals surface area (Å²) in [7, 11) is 0. The fraction of sp³-hybridized carbons (Fsp3) is 0.190. The molecule has 49 heavy (non-hydrogen) atoms. The third-order valence-electron chi connectivity index (χ3n) is 8.27. The van der Waals surface area contributed by atoms with E-state index in [0.717, 1.165) is 33.0 Å². The lowest BCUT2D eigenvalue weighted by Gasteiger charge is -2.37. The first kappa shape index (κ1) is 33.4. The summed E-state index contributed by atoms with van der Waals surface area (Å²) in [6, 6.07) is 38.1. The van der Waals surface area contributed by atoms with Crippen LogP contribution >= 0.6 is 0 Å². The topological polar surface area (TPSA) is 80.3 Å². The van der Waals surface area contributed by atoms with Crippen molar-refractivity contribution in [2.45, 2.75) is 12.5 Å². The Hall–Kier alpha value is -5.50. The van der Waals surface area contributed by atoms with Gasteiger partial charge in [0.15, 0.2) is 5.60 Å². The lowest BCUT2D eigenvalue weighted by Crippen LogP contribution is -2.34. The van der Waals surface area contributed by atoms with Crippen LogP contribution in [0.25, 0.3) is 28.0 Å². The molecule has 0 bridgehead atoms. The van der Waals surface area contributed by atoms with Crippen LogP contribution in [-0.2, 0) is 29.3 Å². The predicted octanol–water partition coefficient (Wildman–Crippen LogP) is 8.17. The van der Waals surface area contributed by atoms with E-state index in [9.17, 15) is 9.59 Å². The zero-order chi connectivity index (χ0) is 34.1. The lowest BCUT2D eigenvalue weighted by atomic mass is 9.81. The monoisotopic (exact) mass is 654 g/mol. The first-order chi connectivity index (χ1) is 24.0. The van der Waals surface area contributed by atoms with Crippen LogP contribution in [-0.4, -0.2) is 51.6 Å². The highest BCUT2D eigenvalue weighted by atomic mass is 16.6. The zero-order valence-electron chi connectivity index (χ0n) is 27.4. The average molecular weight is 655 g/mol. The molecule has 0 radical (unpaired) electrons. The Labute approximate surface area is 286 Å². The van der Waals surface area contributed by atoms with Gasteiger partial charge in [-0.2, -0.15) is 0 Å². The van der Waals surface area contributed by atoms with E-state index in [4.69, 9.17) is 23.7 Å². The number of rotatable bonds is 14. The van der Waals surface area contributed by atoms with Gasteiger partial charge in [0.1, 0.15) is 19.0 Å². The van der Waals surface area contributed by atoms with Gasteiger partial charge in [0.25, 0.3) is 0 Å². The smallest absolute Gasteiger partial charge is 0.339 e. The Balaban J connectivity index is 1.28. The van der Waals surface area contributed by atoms with Gasteiger partial charge in [-0.05, 0) is 30.0 Å². The quantitative estimate of drug-likeness (QED) is 0.0679. The van der Waals surface area contributed by atoms with Crippen LogP contribution in [0.3, 0.4) is 0 Å². The van der Waals surface area contributed by atoms with Gasteiger partial charge < -0.3 is 23.7 Å². The first-order valence-electron chi connectivity index (χ1n) is 16.3. The molecule has 1 aliphatic heterocycles. The van der Waals surface area contributed by atoms with Crippen LogP contribution < -0.4 is 4.74 Å². The molecule has 0 unspecified atom stereocenters. The highest BCUT2D eigenvalue weighted by Crippen LogP contribution is 2.49. The van der Waals surface area contributed by atoms with E-state index in [1.807, 2.05) is 103 Å². The van der Waals surface area contributed by atoms with E-state index >= 15 is 0 Å². The highest BCUT2D eigenvalue weighted by molar-refractivity contribution is 6.14. The van der Waals surface area contributed by atoms with E-state index in [2.05, 4.69) is 30.8 Å². The van der Waals surface area contributed by atoms with Gasteiger partial charge in [0.05, 0.1) is 32.0 Å². The van der Waals surface area contributed by atoms with Crippen LogP contribution in [0.1, 0.15) is 34.0 Å². The maximum Gasteiger partial charge on any atom is 0.339 e. The van der Waals surface area contributed by atoms with Crippen molar-refractivity contribution in [2.24, 2.45) is 0 Å². The molecule has 0 amide bonds. The van der Waals surface area contributed by atoms with E-state index in [0.29, 0.717) is 35.7 Å². The number of fused-ring (bicyclic) bond motifs is 3. The summed E-state index contributed by atoms with van der Waals surface area (Å²) in [6.07, 6.45) is 4.03. The molecule has 5 aromatic carbocycles. The summed E-state index contributed by atoms with van der Waals surface area (Å²) < 4.78 is 29.1. The number of hydrogen-bond acceptors (Lipinski definition) is 7. The van der Waals surface area contributed by atoms with Crippen molar-refractivity contribution >= 4 is 28.8 Å². The minimum Gasteiger partial charge on any atom is -0.472 e. The first-order valence-corrected chi connectivity index (χ1v) is 16.3. The van der Waals surface area contributed by atoms with Crippen LogP contribution in [0.2, 0.25) is 0 Å². The van der Waals surface area contributed by atoms with E-state index in [-0.39, 0.29) is 26.4 Å². The maximum absolute atomic E-state index is 14.1. The molecule has 5 aromatic rings. The van der Waals surface area contributed by atoms with Crippen molar-refractivity contribution in [3.63, 3.8) is 0 Å². The van der Waals surface area contributed by atoms with Gasteiger partial charge in [0.2, 0.25) is 0 Å². The number of esters is 2. The molecule has 0 aromatic heterocycles. The third-order valence-corrected chi connectivity index (χ3v) is 8.27. The summed E-state index contributed by atoms with van der Waals surface area (Å²) in [6.45, 7) is 6.36. The highest BCUT2D eigenvalue weighted by Gasteiger charge is 2.39. The van der Waals surface area contributed by atoms with Crippen LogP contribution in [0.4, 0.5) is 0 Å². The fourth-order valence-electron chi connectivity index (χ4n) is 5.96. The van der Waals surface area contributed by atoms with E-state index < -0.39 is 17.5 Å². The lowest BCUT2D eigenvalue weighted by molar-refractivity contribution is -0.140. The molecule has 0 spiro atoms. The Morgan fingerprint density at radius 3 is 1.76 bits per heavy atom. The molecule has 7 heteroatoms. The summed E-state index contributed by atoms with van der Waals surface area (Å²) in [5.41, 5.74) is 4.12. The van der Waals surface area contributed by atoms with Crippen molar-refractivity contribution < 1.29 is 33.3 Å². The van der Waals surface area contributed by atoms with Crippen molar-refractivity contribution in [2.75, 3.05) is 39.6 Å². The van der Waals surface area contributed by atoms with Gasteiger partial charge in [-0.15, -0.1) is 0 Å². The SMILES string of the molecule is C=C(C)C(=O)OCCOCCOCCOC(=O)c1c2c(c3ccccc3c1-c1ccccc1)OC(c1ccccc1)(c1ccccc1)C=C2. The summed E-state index contributed by atoms with van der Waals surface area (Å²) in [5.74, 6) is -0.307. The molecule has 1 heterocycles. The number of hydrogen-bond donors (Lipinski definition) is 0. The molecule has 248 valence electrons. The summed E-state index contributed by atoms with van der Waals surface area (Å²) in [4.78, 5) is 25.6. The zero-order valence-corrected chi connectivity index (χ0v) is 27.4. The average Bonchev–Trinajstić information content (AvgIpc) is 3.15. The van der Waals surface area contributed by atoms with Crippen molar-refractivity contribution in [1.82, 2.24) is 0 Å². The van der Waals surface area contributed by atoms with Crippen LogP contribution in [0, 0.1) is 0 Å².